The number of carbonyl (C=O) groups is 1. The highest BCUT2D eigenvalue weighted by molar-refractivity contribution is 6.36. The fourth-order valence-corrected chi connectivity index (χ4v) is 2.53. The fourth-order valence-electron chi connectivity index (χ4n) is 2.00. The van der Waals surface area contributed by atoms with E-state index < -0.39 is 0 Å². The van der Waals surface area contributed by atoms with Crippen molar-refractivity contribution in [2.45, 2.75) is 20.4 Å². The minimum Gasteiger partial charge on any atom is -0.381 e. The molecule has 0 atom stereocenters. The van der Waals surface area contributed by atoms with Crippen molar-refractivity contribution in [1.29, 1.82) is 0 Å². The summed E-state index contributed by atoms with van der Waals surface area (Å²) in [5.74, 6) is -0.0818. The Morgan fingerprint density at radius 2 is 1.81 bits per heavy atom. The van der Waals surface area contributed by atoms with E-state index in [2.05, 4.69) is 10.6 Å². The maximum absolute atomic E-state index is 11.1. The van der Waals surface area contributed by atoms with Gasteiger partial charge >= 0.3 is 0 Å². The number of aryl methyl sites for hydroxylation is 1. The molecule has 0 aromatic heterocycles. The van der Waals surface area contributed by atoms with Crippen LogP contribution in [-0.2, 0) is 11.3 Å². The third-order valence-corrected chi connectivity index (χ3v) is 3.78. The molecule has 0 aliphatic carbocycles. The molecule has 5 heteroatoms. The predicted octanol–water partition coefficient (Wildman–Crippen LogP) is 4.87. The largest absolute Gasteiger partial charge is 0.381 e. The third-order valence-electron chi connectivity index (χ3n) is 3.07. The van der Waals surface area contributed by atoms with Crippen LogP contribution < -0.4 is 10.6 Å². The molecule has 0 radical (unpaired) electrons. The second-order valence-corrected chi connectivity index (χ2v) is 5.58. The van der Waals surface area contributed by atoms with Crippen LogP contribution in [0.15, 0.2) is 36.4 Å². The normalized spacial score (nSPS) is 10.3. The van der Waals surface area contributed by atoms with Crippen molar-refractivity contribution in [3.05, 3.63) is 57.6 Å². The van der Waals surface area contributed by atoms with Crippen molar-refractivity contribution in [3.8, 4) is 0 Å². The maximum atomic E-state index is 11.1. The van der Waals surface area contributed by atoms with Gasteiger partial charge in [-0.2, -0.15) is 0 Å². The SMILES string of the molecule is CC(=O)Nc1ccc(NCc2c(Cl)cccc2Cl)cc1C. The van der Waals surface area contributed by atoms with Crippen molar-refractivity contribution >= 4 is 40.5 Å². The van der Waals surface area contributed by atoms with E-state index in [1.165, 1.54) is 6.92 Å². The number of nitrogens with one attached hydrogen (secondary N) is 2. The molecule has 21 heavy (non-hydrogen) atoms. The van der Waals surface area contributed by atoms with Gasteiger partial charge in [-0.1, -0.05) is 29.3 Å². The number of benzene rings is 2. The van der Waals surface area contributed by atoms with Crippen LogP contribution in [0.5, 0.6) is 0 Å². The van der Waals surface area contributed by atoms with Crippen LogP contribution >= 0.6 is 23.2 Å². The van der Waals surface area contributed by atoms with E-state index in [1.807, 2.05) is 43.3 Å². The molecule has 110 valence electrons. The van der Waals surface area contributed by atoms with Crippen LogP contribution in [0, 0.1) is 6.92 Å². The van der Waals surface area contributed by atoms with E-state index in [9.17, 15) is 4.79 Å². The lowest BCUT2D eigenvalue weighted by Gasteiger charge is -2.12. The first-order valence-corrected chi connectivity index (χ1v) is 7.28. The Bertz CT molecular complexity index is 651. The lowest BCUT2D eigenvalue weighted by molar-refractivity contribution is -0.114. The number of hydrogen-bond acceptors (Lipinski definition) is 2. The zero-order chi connectivity index (χ0) is 15.4. The summed E-state index contributed by atoms with van der Waals surface area (Å²) in [6.45, 7) is 3.97. The van der Waals surface area contributed by atoms with Crippen LogP contribution in [0.4, 0.5) is 11.4 Å². The van der Waals surface area contributed by atoms with Gasteiger partial charge in [-0.25, -0.2) is 0 Å². The van der Waals surface area contributed by atoms with Crippen LogP contribution in [0.25, 0.3) is 0 Å². The van der Waals surface area contributed by atoms with E-state index in [-0.39, 0.29) is 5.91 Å². The molecule has 0 aliphatic rings. The first-order valence-electron chi connectivity index (χ1n) is 6.52. The molecule has 0 saturated heterocycles. The summed E-state index contributed by atoms with van der Waals surface area (Å²) in [4.78, 5) is 11.1. The lowest BCUT2D eigenvalue weighted by atomic mass is 10.1. The highest BCUT2D eigenvalue weighted by atomic mass is 35.5. The highest BCUT2D eigenvalue weighted by Crippen LogP contribution is 2.26. The Labute approximate surface area is 134 Å². The predicted molar refractivity (Wildman–Crippen MR) is 89.3 cm³/mol. The molecule has 2 rings (SSSR count). The number of rotatable bonds is 4. The molecule has 0 fully saturated rings. The van der Waals surface area contributed by atoms with Gasteiger partial charge in [0.15, 0.2) is 0 Å². The van der Waals surface area contributed by atoms with Crippen LogP contribution in [0.1, 0.15) is 18.1 Å². The summed E-state index contributed by atoms with van der Waals surface area (Å²) in [5, 5.41) is 7.35. The molecule has 0 heterocycles. The minimum absolute atomic E-state index is 0.0818. The molecule has 0 aliphatic heterocycles. The molecule has 1 amide bonds. The average molecular weight is 323 g/mol. The zero-order valence-corrected chi connectivity index (χ0v) is 13.3. The molecule has 2 aromatic carbocycles. The zero-order valence-electron chi connectivity index (χ0n) is 11.8. The molecular formula is C16H16Cl2N2O. The second kappa shape index (κ2) is 6.83. The Morgan fingerprint density at radius 1 is 1.14 bits per heavy atom. The summed E-state index contributed by atoms with van der Waals surface area (Å²) in [6.07, 6.45) is 0. The molecule has 2 N–H and O–H groups in total. The summed E-state index contributed by atoms with van der Waals surface area (Å²) >= 11 is 12.3. The van der Waals surface area contributed by atoms with Crippen molar-refractivity contribution < 1.29 is 4.79 Å². The molecule has 0 saturated carbocycles. The van der Waals surface area contributed by atoms with Gasteiger partial charge in [0.2, 0.25) is 5.91 Å². The standard InChI is InChI=1S/C16H16Cl2N2O/c1-10-8-12(6-7-16(10)20-11(2)21)19-9-13-14(17)4-3-5-15(13)18/h3-8,19H,9H2,1-2H3,(H,20,21). The third kappa shape index (κ3) is 4.13. The Hall–Kier alpha value is -1.71. The average Bonchev–Trinajstić information content (AvgIpc) is 2.41. The van der Waals surface area contributed by atoms with Crippen molar-refractivity contribution in [2.75, 3.05) is 10.6 Å². The highest BCUT2D eigenvalue weighted by Gasteiger charge is 2.06. The van der Waals surface area contributed by atoms with Gasteiger partial charge in [-0.3, -0.25) is 4.79 Å². The summed E-state index contributed by atoms with van der Waals surface area (Å²) in [5.41, 5.74) is 3.60. The van der Waals surface area contributed by atoms with Gasteiger partial charge < -0.3 is 10.6 Å². The summed E-state index contributed by atoms with van der Waals surface area (Å²) < 4.78 is 0. The monoisotopic (exact) mass is 322 g/mol. The van der Waals surface area contributed by atoms with E-state index >= 15 is 0 Å². The van der Waals surface area contributed by atoms with Gasteiger partial charge in [0.05, 0.1) is 0 Å². The van der Waals surface area contributed by atoms with Gasteiger partial charge in [0.25, 0.3) is 0 Å². The maximum Gasteiger partial charge on any atom is 0.221 e. The first-order chi connectivity index (χ1) is 9.97. The number of amides is 1. The number of carbonyl (C=O) groups excluding carboxylic acids is 1. The van der Waals surface area contributed by atoms with E-state index in [0.29, 0.717) is 16.6 Å². The molecule has 0 bridgehead atoms. The summed E-state index contributed by atoms with van der Waals surface area (Å²) in [6, 6.07) is 11.2. The van der Waals surface area contributed by atoms with Crippen molar-refractivity contribution in [2.24, 2.45) is 0 Å². The quantitative estimate of drug-likeness (QED) is 0.842. The van der Waals surface area contributed by atoms with E-state index in [1.54, 1.807) is 0 Å². The minimum atomic E-state index is -0.0818. The van der Waals surface area contributed by atoms with Gasteiger partial charge in [0, 0.05) is 40.5 Å². The Morgan fingerprint density at radius 3 is 2.38 bits per heavy atom. The lowest BCUT2D eigenvalue weighted by Crippen LogP contribution is -2.07. The van der Waals surface area contributed by atoms with Gasteiger partial charge in [-0.05, 0) is 42.8 Å². The topological polar surface area (TPSA) is 41.1 Å². The molecule has 0 spiro atoms. The smallest absolute Gasteiger partial charge is 0.221 e. The Kier molecular flexibility index (Phi) is 5.10. The van der Waals surface area contributed by atoms with Crippen LogP contribution in [0.2, 0.25) is 10.0 Å². The van der Waals surface area contributed by atoms with Gasteiger partial charge in [-0.15, -0.1) is 0 Å². The molecular weight excluding hydrogens is 307 g/mol. The van der Waals surface area contributed by atoms with Crippen molar-refractivity contribution in [1.82, 2.24) is 0 Å². The molecule has 0 unspecified atom stereocenters. The number of halogens is 2. The number of hydrogen-bond donors (Lipinski definition) is 2. The molecule has 2 aromatic rings. The number of anilines is 2. The molecule has 3 nitrogen and oxygen atoms in total. The van der Waals surface area contributed by atoms with Crippen LogP contribution in [-0.4, -0.2) is 5.91 Å². The Balaban J connectivity index is 2.10. The van der Waals surface area contributed by atoms with Gasteiger partial charge in [0.1, 0.15) is 0 Å². The van der Waals surface area contributed by atoms with E-state index in [4.69, 9.17) is 23.2 Å². The van der Waals surface area contributed by atoms with Crippen LogP contribution in [0.3, 0.4) is 0 Å². The summed E-state index contributed by atoms with van der Waals surface area (Å²) in [7, 11) is 0. The van der Waals surface area contributed by atoms with E-state index in [0.717, 1.165) is 22.5 Å². The second-order valence-electron chi connectivity index (χ2n) is 4.76. The fraction of sp³-hybridized carbons (Fsp3) is 0.188. The van der Waals surface area contributed by atoms with Crippen molar-refractivity contribution in [3.63, 3.8) is 0 Å². The first kappa shape index (κ1) is 15.7.